The number of nitrogens with zero attached hydrogens (tertiary/aromatic N) is 1. The Morgan fingerprint density at radius 1 is 1.21 bits per heavy atom. The van der Waals surface area contributed by atoms with Crippen molar-refractivity contribution >= 4 is 55.7 Å². The Morgan fingerprint density at radius 3 is 2.66 bits per heavy atom. The van der Waals surface area contributed by atoms with Gasteiger partial charge in [0.25, 0.3) is 0 Å². The van der Waals surface area contributed by atoms with Gasteiger partial charge in [-0.15, -0.1) is 0 Å². The zero-order valence-corrected chi connectivity index (χ0v) is 21.8. The number of sulfonamides is 1. The first-order valence-electron chi connectivity index (χ1n) is 10.9. The number of halogens is 6. The van der Waals surface area contributed by atoms with Crippen LogP contribution < -0.4 is 15.2 Å². The highest BCUT2D eigenvalue weighted by Gasteiger charge is 2.30. The van der Waals surface area contributed by atoms with Gasteiger partial charge in [-0.05, 0) is 36.8 Å². The number of furan rings is 1. The van der Waals surface area contributed by atoms with Crippen molar-refractivity contribution in [1.29, 1.82) is 0 Å². The minimum absolute atomic E-state index is 0.0277. The van der Waals surface area contributed by atoms with Gasteiger partial charge in [-0.25, -0.2) is 17.8 Å². The number of fused-ring (bicyclic) bond motifs is 1. The van der Waals surface area contributed by atoms with E-state index in [9.17, 15) is 26.0 Å². The Kier molecular flexibility index (Phi) is 7.69. The molecule has 0 saturated carbocycles. The fraction of sp³-hybridized carbons (Fsp3) is 0.208. The summed E-state index contributed by atoms with van der Waals surface area (Å²) in [6.45, 7) is 1.59. The van der Waals surface area contributed by atoms with E-state index < -0.39 is 40.3 Å². The minimum atomic E-state index is -4.61. The Balaban J connectivity index is 1.65. The van der Waals surface area contributed by atoms with E-state index in [0.29, 0.717) is 16.5 Å². The molecule has 4 aromatic rings. The largest absolute Gasteiger partial charge is 0.478 e. The molecule has 0 bridgehead atoms. The molecule has 38 heavy (non-hydrogen) atoms. The number of ether oxygens (including phenoxy) is 1. The maximum Gasteiger partial charge on any atom is 0.390 e. The maximum absolute atomic E-state index is 14.0. The number of anilines is 2. The summed E-state index contributed by atoms with van der Waals surface area (Å²) in [5.41, 5.74) is 7.42. The predicted molar refractivity (Wildman–Crippen MR) is 137 cm³/mol. The molecule has 2 aromatic heterocycles. The highest BCUT2D eigenvalue weighted by Crippen LogP contribution is 2.42. The molecular formula is C24H19Cl2F4N3O4S. The van der Waals surface area contributed by atoms with Crippen LogP contribution in [0.1, 0.15) is 25.0 Å². The topological polar surface area (TPSA) is 107 Å². The number of nitrogen functional groups attached to an aromatic ring is 1. The summed E-state index contributed by atoms with van der Waals surface area (Å²) in [6.07, 6.45) is -4.16. The molecule has 1 atom stereocenters. The number of hydrogen-bond donors (Lipinski definition) is 2. The van der Waals surface area contributed by atoms with Crippen LogP contribution in [0.5, 0.6) is 5.75 Å². The number of benzene rings is 2. The van der Waals surface area contributed by atoms with Crippen LogP contribution >= 0.6 is 23.2 Å². The minimum Gasteiger partial charge on any atom is -0.478 e. The number of hydrogen-bond acceptors (Lipinski definition) is 6. The van der Waals surface area contributed by atoms with Crippen LogP contribution in [-0.2, 0) is 10.0 Å². The van der Waals surface area contributed by atoms with Crippen molar-refractivity contribution in [2.75, 3.05) is 16.2 Å². The van der Waals surface area contributed by atoms with E-state index in [1.165, 1.54) is 36.7 Å². The van der Waals surface area contributed by atoms with Gasteiger partial charge in [0.05, 0.1) is 28.8 Å². The monoisotopic (exact) mass is 591 g/mol. The van der Waals surface area contributed by atoms with Crippen molar-refractivity contribution in [3.63, 3.8) is 0 Å². The Labute approximate surface area is 224 Å². The third-order valence-electron chi connectivity index (χ3n) is 5.48. The third-order valence-corrected chi connectivity index (χ3v) is 7.48. The molecule has 0 fully saturated rings. The van der Waals surface area contributed by atoms with Crippen LogP contribution in [0.3, 0.4) is 0 Å². The lowest BCUT2D eigenvalue weighted by Gasteiger charge is -2.18. The summed E-state index contributed by atoms with van der Waals surface area (Å²) in [7, 11) is -4.25. The summed E-state index contributed by atoms with van der Waals surface area (Å²) in [6, 6.07) is 8.46. The van der Waals surface area contributed by atoms with Crippen LogP contribution in [0.25, 0.3) is 22.1 Å². The molecule has 0 radical (unpaired) electrons. The van der Waals surface area contributed by atoms with Crippen molar-refractivity contribution in [2.45, 2.75) is 25.6 Å². The lowest BCUT2D eigenvalue weighted by atomic mass is 10.1. The van der Waals surface area contributed by atoms with Gasteiger partial charge in [-0.1, -0.05) is 35.3 Å². The Bertz CT molecular complexity index is 1610. The summed E-state index contributed by atoms with van der Waals surface area (Å²) in [5, 5.41) is 0.408. The number of aromatic nitrogens is 1. The van der Waals surface area contributed by atoms with Crippen LogP contribution in [0.15, 0.2) is 53.3 Å². The second-order valence-corrected chi connectivity index (χ2v) is 10.9. The van der Waals surface area contributed by atoms with E-state index in [0.717, 1.165) is 6.07 Å². The summed E-state index contributed by atoms with van der Waals surface area (Å²) in [5.74, 6) is -1.78. The first-order chi connectivity index (χ1) is 17.8. The van der Waals surface area contributed by atoms with Crippen molar-refractivity contribution in [2.24, 2.45) is 0 Å². The zero-order valence-electron chi connectivity index (χ0n) is 19.4. The van der Waals surface area contributed by atoms with Gasteiger partial charge in [0.15, 0.2) is 11.4 Å². The van der Waals surface area contributed by atoms with Gasteiger partial charge in [0.2, 0.25) is 15.8 Å². The van der Waals surface area contributed by atoms with E-state index in [-0.39, 0.29) is 38.4 Å². The van der Waals surface area contributed by atoms with E-state index >= 15 is 0 Å². The molecule has 0 aliphatic heterocycles. The zero-order chi connectivity index (χ0) is 27.8. The van der Waals surface area contributed by atoms with Crippen LogP contribution in [0.2, 0.25) is 10.0 Å². The molecule has 0 saturated heterocycles. The Morgan fingerprint density at radius 2 is 1.95 bits per heavy atom. The van der Waals surface area contributed by atoms with Crippen molar-refractivity contribution < 1.29 is 35.1 Å². The molecule has 0 spiro atoms. The molecule has 1 unspecified atom stereocenters. The second-order valence-electron chi connectivity index (χ2n) is 8.25. The van der Waals surface area contributed by atoms with Gasteiger partial charge in [-0.2, -0.15) is 13.2 Å². The standard InChI is InChI=1S/C24H19Cl2F4N3O4S/c1-12(19-17(25)5-6-18(27)20(19)26)37-22-21-15(10-32-23(22)31)16(11-36-21)13-3-2-4-14(9-13)33-38(34,35)8-7-24(28,29)30/h2-6,9-12,33H,7-8H2,1H3,(H2,31,32). The smallest absolute Gasteiger partial charge is 0.390 e. The number of nitrogens with two attached hydrogens (primary N) is 1. The van der Waals surface area contributed by atoms with E-state index in [1.807, 2.05) is 0 Å². The molecule has 3 N–H and O–H groups in total. The average Bonchev–Trinajstić information content (AvgIpc) is 3.26. The van der Waals surface area contributed by atoms with Crippen molar-refractivity contribution in [3.8, 4) is 16.9 Å². The summed E-state index contributed by atoms with van der Waals surface area (Å²) < 4.78 is 89.4. The lowest BCUT2D eigenvalue weighted by molar-refractivity contribution is -0.129. The second kappa shape index (κ2) is 10.5. The van der Waals surface area contributed by atoms with Crippen LogP contribution in [-0.4, -0.2) is 25.3 Å². The van der Waals surface area contributed by atoms with Gasteiger partial charge >= 0.3 is 6.18 Å². The number of nitrogens with one attached hydrogen (secondary N) is 1. The molecule has 202 valence electrons. The molecule has 14 heteroatoms. The number of alkyl halides is 3. The molecule has 0 aliphatic rings. The van der Waals surface area contributed by atoms with E-state index in [2.05, 4.69) is 9.71 Å². The van der Waals surface area contributed by atoms with E-state index in [4.69, 9.17) is 38.1 Å². The lowest BCUT2D eigenvalue weighted by Crippen LogP contribution is -2.21. The number of rotatable bonds is 8. The first kappa shape index (κ1) is 27.8. The molecule has 0 amide bonds. The van der Waals surface area contributed by atoms with Gasteiger partial charge in [0.1, 0.15) is 11.9 Å². The summed E-state index contributed by atoms with van der Waals surface area (Å²) >= 11 is 12.3. The van der Waals surface area contributed by atoms with Crippen molar-refractivity contribution in [1.82, 2.24) is 4.98 Å². The van der Waals surface area contributed by atoms with Gasteiger partial charge < -0.3 is 14.9 Å². The molecule has 0 aliphatic carbocycles. The first-order valence-corrected chi connectivity index (χ1v) is 13.3. The average molecular weight is 592 g/mol. The van der Waals surface area contributed by atoms with Gasteiger partial charge in [0, 0.05) is 28.0 Å². The molecule has 2 aromatic carbocycles. The predicted octanol–water partition coefficient (Wildman–Crippen LogP) is 7.36. The Hall–Kier alpha value is -3.22. The normalized spacial score (nSPS) is 13.0. The van der Waals surface area contributed by atoms with E-state index in [1.54, 1.807) is 13.0 Å². The highest BCUT2D eigenvalue weighted by molar-refractivity contribution is 7.92. The van der Waals surface area contributed by atoms with Crippen LogP contribution in [0.4, 0.5) is 29.1 Å². The van der Waals surface area contributed by atoms with Gasteiger partial charge in [-0.3, -0.25) is 4.72 Å². The number of pyridine rings is 1. The molecule has 7 nitrogen and oxygen atoms in total. The fourth-order valence-corrected chi connectivity index (χ4v) is 5.47. The molecule has 4 rings (SSSR count). The SMILES string of the molecule is CC(Oc1c(N)ncc2c(-c3cccc(NS(=O)(=O)CCC(F)(F)F)c3)coc12)c1c(Cl)ccc(F)c1Cl. The van der Waals surface area contributed by atoms with Crippen LogP contribution in [0, 0.1) is 5.82 Å². The molecule has 2 heterocycles. The maximum atomic E-state index is 14.0. The third kappa shape index (κ3) is 6.08. The molecular weight excluding hydrogens is 573 g/mol. The van der Waals surface area contributed by atoms with Crippen molar-refractivity contribution in [3.05, 3.63) is 70.3 Å². The summed E-state index contributed by atoms with van der Waals surface area (Å²) in [4.78, 5) is 4.14. The fourth-order valence-electron chi connectivity index (χ4n) is 3.70. The quantitative estimate of drug-likeness (QED) is 0.164. The highest BCUT2D eigenvalue weighted by atomic mass is 35.5.